The second kappa shape index (κ2) is 9.58. The molecule has 1 saturated heterocycles. The van der Waals surface area contributed by atoms with Gasteiger partial charge < -0.3 is 9.80 Å². The second-order valence-electron chi connectivity index (χ2n) is 6.70. The Bertz CT molecular complexity index is 819. The van der Waals surface area contributed by atoms with Gasteiger partial charge in [-0.2, -0.15) is 0 Å². The van der Waals surface area contributed by atoms with Crippen LogP contribution in [0.4, 0.5) is 5.69 Å². The van der Waals surface area contributed by atoms with Gasteiger partial charge in [-0.15, -0.1) is 0 Å². The molecule has 0 saturated carbocycles. The molecule has 1 aliphatic rings. The van der Waals surface area contributed by atoms with Crippen LogP contribution in [0, 0.1) is 0 Å². The van der Waals surface area contributed by atoms with E-state index >= 15 is 0 Å². The number of hydrogen-bond donors (Lipinski definition) is 1. The fourth-order valence-corrected chi connectivity index (χ4v) is 3.88. The van der Waals surface area contributed by atoms with Crippen molar-refractivity contribution in [3.63, 3.8) is 0 Å². The number of halogens is 1. The molecular weight excluding hydrogens is 404 g/mol. The summed E-state index contributed by atoms with van der Waals surface area (Å²) >= 11 is 6.02. The highest BCUT2D eigenvalue weighted by Crippen LogP contribution is 2.25. The van der Waals surface area contributed by atoms with E-state index in [4.69, 9.17) is 11.6 Å². The first-order chi connectivity index (χ1) is 13.1. The molecule has 1 N–H and O–H groups in total. The zero-order valence-electron chi connectivity index (χ0n) is 16.4. The van der Waals surface area contributed by atoms with Gasteiger partial charge in [0, 0.05) is 44.8 Å². The van der Waals surface area contributed by atoms with E-state index in [1.54, 1.807) is 15.9 Å². The lowest BCUT2D eigenvalue weighted by molar-refractivity contribution is -0.132. The maximum absolute atomic E-state index is 12.8. The van der Waals surface area contributed by atoms with E-state index in [2.05, 4.69) is 4.72 Å². The Kier molecular flexibility index (Phi) is 7.68. The third-order valence-corrected chi connectivity index (χ3v) is 5.56. The Hall–Kier alpha value is -1.84. The molecular formula is C18H27ClN4O4S. The predicted molar refractivity (Wildman–Crippen MR) is 110 cm³/mol. The van der Waals surface area contributed by atoms with Crippen LogP contribution in [0.25, 0.3) is 0 Å². The monoisotopic (exact) mass is 430 g/mol. The topological polar surface area (TPSA) is 90.0 Å². The van der Waals surface area contributed by atoms with Gasteiger partial charge in [0.25, 0.3) is 5.91 Å². The van der Waals surface area contributed by atoms with Crippen LogP contribution in [0.3, 0.4) is 0 Å². The minimum Gasteiger partial charge on any atom is -0.342 e. The number of anilines is 1. The third-order valence-electron chi connectivity index (χ3n) is 4.64. The third kappa shape index (κ3) is 6.08. The predicted octanol–water partition coefficient (Wildman–Crippen LogP) is 1.34. The van der Waals surface area contributed by atoms with Crippen molar-refractivity contribution in [3.8, 4) is 0 Å². The van der Waals surface area contributed by atoms with Gasteiger partial charge in [-0.05, 0) is 32.0 Å². The average Bonchev–Trinajstić information content (AvgIpc) is 2.63. The molecule has 1 heterocycles. The van der Waals surface area contributed by atoms with Crippen molar-refractivity contribution >= 4 is 39.1 Å². The van der Waals surface area contributed by atoms with Crippen LogP contribution >= 0.6 is 11.6 Å². The molecule has 0 unspecified atom stereocenters. The fourth-order valence-electron chi connectivity index (χ4n) is 3.10. The van der Waals surface area contributed by atoms with Crippen molar-refractivity contribution < 1.29 is 18.0 Å². The molecule has 0 aromatic heterocycles. The molecule has 1 fully saturated rings. The Balaban J connectivity index is 1.98. The van der Waals surface area contributed by atoms with E-state index in [1.807, 2.05) is 18.7 Å². The Morgan fingerprint density at radius 3 is 2.29 bits per heavy atom. The van der Waals surface area contributed by atoms with Gasteiger partial charge >= 0.3 is 0 Å². The second-order valence-corrected chi connectivity index (χ2v) is 8.86. The lowest BCUT2D eigenvalue weighted by atomic mass is 10.1. The first kappa shape index (κ1) is 22.4. The van der Waals surface area contributed by atoms with Crippen LogP contribution in [0.5, 0.6) is 0 Å². The van der Waals surface area contributed by atoms with Gasteiger partial charge in [-0.25, -0.2) is 8.42 Å². The zero-order chi connectivity index (χ0) is 20.9. The first-order valence-electron chi connectivity index (χ1n) is 9.21. The zero-order valence-corrected chi connectivity index (χ0v) is 18.0. The Morgan fingerprint density at radius 1 is 1.14 bits per heavy atom. The van der Waals surface area contributed by atoms with Crippen LogP contribution in [0.2, 0.25) is 5.02 Å². The van der Waals surface area contributed by atoms with E-state index in [0.717, 1.165) is 6.26 Å². The summed E-state index contributed by atoms with van der Waals surface area (Å²) in [6.07, 6.45) is 1.02. The van der Waals surface area contributed by atoms with Crippen molar-refractivity contribution in [3.05, 3.63) is 28.8 Å². The molecule has 0 radical (unpaired) electrons. The number of sulfonamides is 1. The summed E-state index contributed by atoms with van der Waals surface area (Å²) in [5.41, 5.74) is 0.543. The molecule has 28 heavy (non-hydrogen) atoms. The number of benzene rings is 1. The smallest absolute Gasteiger partial charge is 0.254 e. The number of nitrogens with zero attached hydrogens (tertiary/aromatic N) is 3. The summed E-state index contributed by atoms with van der Waals surface area (Å²) in [4.78, 5) is 30.5. The summed E-state index contributed by atoms with van der Waals surface area (Å²) in [6.45, 7) is 7.87. The van der Waals surface area contributed by atoms with Crippen LogP contribution in [0.15, 0.2) is 18.2 Å². The van der Waals surface area contributed by atoms with E-state index < -0.39 is 10.0 Å². The maximum atomic E-state index is 12.8. The molecule has 1 aliphatic heterocycles. The van der Waals surface area contributed by atoms with E-state index in [1.165, 1.54) is 12.1 Å². The molecule has 0 aliphatic carbocycles. The van der Waals surface area contributed by atoms with Gasteiger partial charge in [0.2, 0.25) is 15.9 Å². The number of carbonyl (C=O) groups is 2. The van der Waals surface area contributed by atoms with Crippen molar-refractivity contribution in [2.75, 3.05) is 56.8 Å². The van der Waals surface area contributed by atoms with Gasteiger partial charge in [0.05, 0.1) is 23.5 Å². The van der Waals surface area contributed by atoms with Crippen molar-refractivity contribution in [1.82, 2.24) is 14.7 Å². The van der Waals surface area contributed by atoms with E-state index in [9.17, 15) is 18.0 Å². The molecule has 2 amide bonds. The summed E-state index contributed by atoms with van der Waals surface area (Å²) in [7, 11) is -3.50. The Labute approximate surface area is 171 Å². The number of carbonyl (C=O) groups excluding carboxylic acids is 2. The molecule has 156 valence electrons. The minimum absolute atomic E-state index is 0.0963. The maximum Gasteiger partial charge on any atom is 0.254 e. The molecule has 8 nitrogen and oxygen atoms in total. The molecule has 10 heteroatoms. The molecule has 0 atom stereocenters. The summed E-state index contributed by atoms with van der Waals surface area (Å²) < 4.78 is 25.2. The number of likely N-dealkylation sites (N-methyl/N-ethyl adjacent to an activating group) is 1. The lowest BCUT2D eigenvalue weighted by Crippen LogP contribution is -2.51. The minimum atomic E-state index is -3.50. The van der Waals surface area contributed by atoms with Crippen LogP contribution in [0.1, 0.15) is 24.2 Å². The Morgan fingerprint density at radius 2 is 1.75 bits per heavy atom. The van der Waals surface area contributed by atoms with Gasteiger partial charge in [0.15, 0.2) is 0 Å². The fraction of sp³-hybridized carbons (Fsp3) is 0.556. The number of amides is 2. The normalized spacial score (nSPS) is 15.4. The van der Waals surface area contributed by atoms with Crippen LogP contribution < -0.4 is 4.72 Å². The van der Waals surface area contributed by atoms with Crippen molar-refractivity contribution in [1.29, 1.82) is 0 Å². The SMILES string of the molecule is CCN(CC)C(=O)CN1CCN(C(=O)c2ccc(Cl)c(NS(C)(=O)=O)c2)CC1. The van der Waals surface area contributed by atoms with Crippen molar-refractivity contribution in [2.24, 2.45) is 0 Å². The highest BCUT2D eigenvalue weighted by Gasteiger charge is 2.25. The molecule has 0 bridgehead atoms. The average molecular weight is 431 g/mol. The van der Waals surface area contributed by atoms with Gasteiger partial charge in [0.1, 0.15) is 0 Å². The van der Waals surface area contributed by atoms with Gasteiger partial charge in [-0.3, -0.25) is 19.2 Å². The molecule has 1 aromatic carbocycles. The molecule has 0 spiro atoms. The number of rotatable bonds is 7. The molecule has 2 rings (SSSR count). The number of hydrogen-bond acceptors (Lipinski definition) is 5. The van der Waals surface area contributed by atoms with E-state index in [-0.39, 0.29) is 22.5 Å². The van der Waals surface area contributed by atoms with Gasteiger partial charge in [-0.1, -0.05) is 11.6 Å². The molecule has 1 aromatic rings. The lowest BCUT2D eigenvalue weighted by Gasteiger charge is -2.35. The number of piperazine rings is 1. The highest BCUT2D eigenvalue weighted by molar-refractivity contribution is 7.92. The number of nitrogens with one attached hydrogen (secondary N) is 1. The standard InChI is InChI=1S/C18H27ClN4O4S/c1-4-22(5-2)17(24)13-21-8-10-23(11-9-21)18(25)14-6-7-15(19)16(12-14)20-28(3,26)27/h6-7,12,20H,4-5,8-11,13H2,1-3H3. The summed E-state index contributed by atoms with van der Waals surface area (Å²) in [5.74, 6) is -0.0955. The summed E-state index contributed by atoms with van der Waals surface area (Å²) in [6, 6.07) is 4.53. The van der Waals surface area contributed by atoms with Crippen LogP contribution in [-0.2, 0) is 14.8 Å². The van der Waals surface area contributed by atoms with Crippen LogP contribution in [-0.4, -0.2) is 87.0 Å². The highest BCUT2D eigenvalue weighted by atomic mass is 35.5. The van der Waals surface area contributed by atoms with E-state index in [0.29, 0.717) is 51.4 Å². The largest absolute Gasteiger partial charge is 0.342 e. The quantitative estimate of drug-likeness (QED) is 0.705. The summed E-state index contributed by atoms with van der Waals surface area (Å²) in [5, 5.41) is 0.224. The van der Waals surface area contributed by atoms with Crippen molar-refractivity contribution in [2.45, 2.75) is 13.8 Å². The first-order valence-corrected chi connectivity index (χ1v) is 11.5.